The number of esters is 1. The Morgan fingerprint density at radius 1 is 1.07 bits per heavy atom. The number of hydrogen-bond acceptors (Lipinski definition) is 7. The molecule has 30 heavy (non-hydrogen) atoms. The molecule has 0 bridgehead atoms. The molecule has 0 radical (unpaired) electrons. The topological polar surface area (TPSA) is 72.8 Å². The lowest BCUT2D eigenvalue weighted by Gasteiger charge is -2.10. The van der Waals surface area contributed by atoms with E-state index in [0.29, 0.717) is 22.2 Å². The summed E-state index contributed by atoms with van der Waals surface area (Å²) in [6.07, 6.45) is 1.65. The van der Waals surface area contributed by atoms with Crippen molar-refractivity contribution in [1.29, 1.82) is 0 Å². The summed E-state index contributed by atoms with van der Waals surface area (Å²) in [7, 11) is 1.53. The van der Waals surface area contributed by atoms with Gasteiger partial charge in [0, 0.05) is 0 Å². The maximum Gasteiger partial charge on any atom is 0.343 e. The first-order chi connectivity index (χ1) is 14.6. The lowest BCUT2D eigenvalue weighted by atomic mass is 10.1. The largest absolute Gasteiger partial charge is 0.493 e. The van der Waals surface area contributed by atoms with Crippen LogP contribution in [0.2, 0.25) is 0 Å². The van der Waals surface area contributed by atoms with E-state index in [4.69, 9.17) is 9.47 Å². The monoisotopic (exact) mass is 417 g/mol. The minimum Gasteiger partial charge on any atom is -0.493 e. The Balaban J connectivity index is 1.46. The molecule has 4 aromatic rings. The molecule has 0 spiro atoms. The van der Waals surface area contributed by atoms with E-state index in [-0.39, 0.29) is 0 Å². The lowest BCUT2D eigenvalue weighted by molar-refractivity contribution is 0.0729. The molecule has 0 saturated carbocycles. The normalized spacial score (nSPS) is 11.0. The number of aryl methyl sites for hydroxylation is 1. The number of hydrazone groups is 1. The summed E-state index contributed by atoms with van der Waals surface area (Å²) >= 11 is 1.53. The molecule has 1 aromatic heterocycles. The van der Waals surface area contributed by atoms with Crippen LogP contribution >= 0.6 is 11.3 Å². The van der Waals surface area contributed by atoms with E-state index >= 15 is 0 Å². The number of aromatic nitrogens is 1. The van der Waals surface area contributed by atoms with Gasteiger partial charge in [0.1, 0.15) is 0 Å². The fourth-order valence-electron chi connectivity index (χ4n) is 2.86. The Labute approximate surface area is 177 Å². The molecule has 1 heterocycles. The second-order valence-corrected chi connectivity index (χ2v) is 7.56. The average Bonchev–Trinajstić information content (AvgIpc) is 3.17. The molecule has 4 rings (SSSR count). The zero-order chi connectivity index (χ0) is 20.9. The number of rotatable bonds is 6. The molecule has 1 N–H and O–H groups in total. The van der Waals surface area contributed by atoms with Crippen LogP contribution in [-0.4, -0.2) is 24.3 Å². The second kappa shape index (κ2) is 8.75. The Morgan fingerprint density at radius 3 is 2.73 bits per heavy atom. The van der Waals surface area contributed by atoms with E-state index in [2.05, 4.69) is 15.5 Å². The van der Waals surface area contributed by atoms with Crippen LogP contribution in [0.4, 0.5) is 5.13 Å². The van der Waals surface area contributed by atoms with Crippen LogP contribution < -0.4 is 14.9 Å². The number of anilines is 1. The number of benzene rings is 3. The summed E-state index contributed by atoms with van der Waals surface area (Å²) in [5.41, 5.74) is 6.14. The third-order valence-electron chi connectivity index (χ3n) is 4.31. The summed E-state index contributed by atoms with van der Waals surface area (Å²) in [6.45, 7) is 1.92. The molecule has 3 aromatic carbocycles. The Bertz CT molecular complexity index is 1200. The summed E-state index contributed by atoms with van der Waals surface area (Å²) < 4.78 is 12.0. The van der Waals surface area contributed by atoms with Crippen molar-refractivity contribution in [2.24, 2.45) is 5.10 Å². The van der Waals surface area contributed by atoms with Gasteiger partial charge in [0.05, 0.1) is 29.1 Å². The van der Waals surface area contributed by atoms with Crippen molar-refractivity contribution < 1.29 is 14.3 Å². The fraction of sp³-hybridized carbons (Fsp3) is 0.0870. The summed E-state index contributed by atoms with van der Waals surface area (Å²) in [6, 6.07) is 20.4. The van der Waals surface area contributed by atoms with Gasteiger partial charge >= 0.3 is 5.97 Å². The Kier molecular flexibility index (Phi) is 5.72. The van der Waals surface area contributed by atoms with Crippen molar-refractivity contribution in [2.75, 3.05) is 12.5 Å². The van der Waals surface area contributed by atoms with Crippen molar-refractivity contribution in [3.8, 4) is 11.5 Å². The van der Waals surface area contributed by atoms with Crippen LogP contribution in [-0.2, 0) is 0 Å². The number of nitrogens with zero attached hydrogens (tertiary/aromatic N) is 2. The van der Waals surface area contributed by atoms with Gasteiger partial charge in [-0.3, -0.25) is 5.43 Å². The number of nitrogens with one attached hydrogen (secondary N) is 1. The highest BCUT2D eigenvalue weighted by atomic mass is 32.1. The van der Waals surface area contributed by atoms with Gasteiger partial charge in [-0.05, 0) is 55.0 Å². The highest BCUT2D eigenvalue weighted by Gasteiger charge is 2.13. The minimum atomic E-state index is -0.434. The molecule has 0 aliphatic carbocycles. The van der Waals surface area contributed by atoms with Crippen molar-refractivity contribution >= 4 is 38.9 Å². The molecule has 7 heteroatoms. The van der Waals surface area contributed by atoms with Crippen LogP contribution in [0, 0.1) is 6.92 Å². The molecular formula is C23H19N3O3S. The van der Waals surface area contributed by atoms with Crippen LogP contribution in [0.3, 0.4) is 0 Å². The van der Waals surface area contributed by atoms with Crippen LogP contribution in [0.15, 0.2) is 71.8 Å². The molecule has 6 nitrogen and oxygen atoms in total. The quantitative estimate of drug-likeness (QED) is 0.200. The van der Waals surface area contributed by atoms with E-state index in [0.717, 1.165) is 21.3 Å². The third-order valence-corrected chi connectivity index (χ3v) is 5.25. The Hall–Kier alpha value is -3.71. The molecule has 0 atom stereocenters. The molecule has 0 aliphatic heterocycles. The summed E-state index contributed by atoms with van der Waals surface area (Å²) in [5.74, 6) is 0.358. The predicted octanol–water partition coefficient (Wildman–Crippen LogP) is 5.28. The van der Waals surface area contributed by atoms with Crippen molar-refractivity contribution in [1.82, 2.24) is 4.98 Å². The maximum atomic E-state index is 12.4. The van der Waals surface area contributed by atoms with Crippen molar-refractivity contribution in [3.63, 3.8) is 0 Å². The zero-order valence-corrected chi connectivity index (χ0v) is 17.3. The van der Waals surface area contributed by atoms with Gasteiger partial charge in [-0.15, -0.1) is 0 Å². The van der Waals surface area contributed by atoms with Gasteiger partial charge in [0.25, 0.3) is 0 Å². The number of para-hydroxylation sites is 1. The smallest absolute Gasteiger partial charge is 0.343 e. The summed E-state index contributed by atoms with van der Waals surface area (Å²) in [5, 5.41) is 4.95. The number of hydrogen-bond donors (Lipinski definition) is 1. The average molecular weight is 417 g/mol. The first-order valence-corrected chi connectivity index (χ1v) is 10.1. The Morgan fingerprint density at radius 2 is 1.93 bits per heavy atom. The zero-order valence-electron chi connectivity index (χ0n) is 16.5. The van der Waals surface area contributed by atoms with E-state index in [9.17, 15) is 4.79 Å². The first-order valence-electron chi connectivity index (χ1n) is 9.24. The number of carbonyl (C=O) groups is 1. The van der Waals surface area contributed by atoms with Crippen molar-refractivity contribution in [3.05, 3.63) is 83.4 Å². The highest BCUT2D eigenvalue weighted by Crippen LogP contribution is 2.29. The first kappa shape index (κ1) is 19.6. The van der Waals surface area contributed by atoms with Crippen LogP contribution in [0.25, 0.3) is 10.2 Å². The van der Waals surface area contributed by atoms with E-state index < -0.39 is 5.97 Å². The van der Waals surface area contributed by atoms with Crippen LogP contribution in [0.1, 0.15) is 21.5 Å². The molecule has 0 saturated heterocycles. The molecule has 0 unspecified atom stereocenters. The van der Waals surface area contributed by atoms with Gasteiger partial charge in [0.2, 0.25) is 5.13 Å². The van der Waals surface area contributed by atoms with Crippen molar-refractivity contribution in [2.45, 2.75) is 6.92 Å². The lowest BCUT2D eigenvalue weighted by Crippen LogP contribution is -2.09. The fourth-order valence-corrected chi connectivity index (χ4v) is 3.68. The SMILES string of the molecule is COc1cc(/C=N\Nc2nc3ccccc3s2)ccc1OC(=O)c1cccc(C)c1. The molecule has 0 aliphatic rings. The van der Waals surface area contributed by atoms with Gasteiger partial charge in [-0.2, -0.15) is 5.10 Å². The number of methoxy groups -OCH3 is 1. The number of carbonyl (C=O) groups excluding carboxylic acids is 1. The van der Waals surface area contributed by atoms with Gasteiger partial charge in [0.15, 0.2) is 11.5 Å². The van der Waals surface area contributed by atoms with E-state index in [1.807, 2.05) is 43.3 Å². The minimum absolute atomic E-state index is 0.347. The van der Waals surface area contributed by atoms with E-state index in [1.165, 1.54) is 18.4 Å². The van der Waals surface area contributed by atoms with Gasteiger partial charge < -0.3 is 9.47 Å². The number of fused-ring (bicyclic) bond motifs is 1. The maximum absolute atomic E-state index is 12.4. The molecule has 0 fully saturated rings. The standard InChI is InChI=1S/C23H19N3O3S/c1-15-6-5-7-17(12-15)22(27)29-19-11-10-16(13-20(19)28-2)14-24-26-23-25-18-8-3-4-9-21(18)30-23/h3-14H,1-2H3,(H,25,26)/b24-14-. The van der Waals surface area contributed by atoms with Gasteiger partial charge in [-0.25, -0.2) is 9.78 Å². The van der Waals surface area contributed by atoms with E-state index in [1.54, 1.807) is 36.5 Å². The molecular weight excluding hydrogens is 398 g/mol. The predicted molar refractivity (Wildman–Crippen MR) is 120 cm³/mol. The number of ether oxygens (including phenoxy) is 2. The summed E-state index contributed by atoms with van der Waals surface area (Å²) in [4.78, 5) is 16.9. The number of thiazole rings is 1. The molecule has 150 valence electrons. The molecule has 0 amide bonds. The second-order valence-electron chi connectivity index (χ2n) is 6.53. The highest BCUT2D eigenvalue weighted by molar-refractivity contribution is 7.22. The van der Waals surface area contributed by atoms with Crippen LogP contribution in [0.5, 0.6) is 11.5 Å². The third kappa shape index (κ3) is 4.47. The van der Waals surface area contributed by atoms with Gasteiger partial charge in [-0.1, -0.05) is 41.2 Å².